The van der Waals surface area contributed by atoms with Crippen LogP contribution in [-0.4, -0.2) is 74.9 Å². The van der Waals surface area contributed by atoms with Gasteiger partial charge in [-0.1, -0.05) is 476 Å². The van der Waals surface area contributed by atoms with Gasteiger partial charge in [0, 0.05) is 12.8 Å². The van der Waals surface area contributed by atoms with Gasteiger partial charge in [0.25, 0.3) is 0 Å². The molecule has 0 amide bonds. The molecule has 0 saturated carbocycles. The molecule has 0 aromatic rings. The molecule has 2 atom stereocenters. The Bertz CT molecular complexity index is 1610. The lowest BCUT2D eigenvalue weighted by Crippen LogP contribution is -2.37. The SMILES string of the molecule is CCCCCCCCCCCCCCCCCCCCCCCCCCCCCCCCCCCCCCCCCCCC(=O)OC(COC(=O)CCCCCCCCCCCCCCCCCCCCCCCCCCCCCCCCCCC)COP(=O)(O)OCC[N+](C)(C)C. The summed E-state index contributed by atoms with van der Waals surface area (Å²) in [5.74, 6) is -0.762. The Kier molecular flexibility index (Phi) is 79.3. The molecule has 0 aliphatic carbocycles. The number of rotatable bonds is 86. The number of phosphoric acid groups is 1. The van der Waals surface area contributed by atoms with Crippen molar-refractivity contribution in [3.63, 3.8) is 0 Å². The van der Waals surface area contributed by atoms with E-state index in [1.54, 1.807) is 0 Å². The van der Waals surface area contributed by atoms with Crippen LogP contribution in [0.25, 0.3) is 0 Å². The second-order valence-electron chi connectivity index (χ2n) is 32.4. The first-order chi connectivity index (χ1) is 48.0. The normalized spacial score (nSPS) is 12.8. The van der Waals surface area contributed by atoms with Gasteiger partial charge in [-0.2, -0.15) is 0 Å². The molecule has 0 saturated heterocycles. The average molecular weight is 1410 g/mol. The van der Waals surface area contributed by atoms with Gasteiger partial charge in [-0.25, -0.2) is 4.57 Å². The maximum Gasteiger partial charge on any atom is 0.472 e. The highest BCUT2D eigenvalue weighted by Gasteiger charge is 2.27. The van der Waals surface area contributed by atoms with Crippen LogP contribution in [0.3, 0.4) is 0 Å². The van der Waals surface area contributed by atoms with Crippen LogP contribution in [0.1, 0.15) is 502 Å². The lowest BCUT2D eigenvalue weighted by Gasteiger charge is -2.24. The van der Waals surface area contributed by atoms with Crippen molar-refractivity contribution in [3.8, 4) is 0 Å². The van der Waals surface area contributed by atoms with Crippen molar-refractivity contribution < 1.29 is 42.1 Å². The molecule has 9 nitrogen and oxygen atoms in total. The number of unbranched alkanes of at least 4 members (excludes halogenated alkanes) is 72. The van der Waals surface area contributed by atoms with Gasteiger partial charge in [-0.3, -0.25) is 18.6 Å². The number of likely N-dealkylation sites (N-methyl/N-ethyl adjacent to an activating group) is 1. The molecular weight excluding hydrogens is 1230 g/mol. The minimum Gasteiger partial charge on any atom is -0.462 e. The molecule has 2 unspecified atom stereocenters. The molecule has 0 rings (SSSR count). The molecule has 0 aromatic carbocycles. The van der Waals surface area contributed by atoms with Gasteiger partial charge in [0.05, 0.1) is 27.7 Å². The van der Waals surface area contributed by atoms with Crippen LogP contribution in [0, 0.1) is 0 Å². The second-order valence-corrected chi connectivity index (χ2v) is 33.8. The highest BCUT2D eigenvalue weighted by atomic mass is 31.2. The number of ether oxygens (including phenoxy) is 2. The number of nitrogens with zero attached hydrogens (tertiary/aromatic N) is 1. The number of carbonyl (C=O) groups is 2. The molecule has 1 N–H and O–H groups in total. The van der Waals surface area contributed by atoms with E-state index in [9.17, 15) is 19.0 Å². The van der Waals surface area contributed by atoms with E-state index in [0.29, 0.717) is 17.4 Å². The zero-order valence-corrected chi connectivity index (χ0v) is 68.2. The Labute approximate surface area is 614 Å². The number of esters is 2. The third-order valence-electron chi connectivity index (χ3n) is 21.1. The fourth-order valence-electron chi connectivity index (χ4n) is 14.3. The van der Waals surface area contributed by atoms with E-state index in [-0.39, 0.29) is 25.6 Å². The number of quaternary nitrogens is 1. The Morgan fingerprint density at radius 3 is 0.653 bits per heavy atom. The molecule has 0 bridgehead atoms. The third-order valence-corrected chi connectivity index (χ3v) is 22.1. The topological polar surface area (TPSA) is 108 Å². The minimum atomic E-state index is -4.39. The van der Waals surface area contributed by atoms with Crippen molar-refractivity contribution in [2.24, 2.45) is 0 Å². The number of carbonyl (C=O) groups excluding carboxylic acids is 2. The van der Waals surface area contributed by atoms with Gasteiger partial charge >= 0.3 is 19.8 Å². The highest BCUT2D eigenvalue weighted by molar-refractivity contribution is 7.47. The van der Waals surface area contributed by atoms with E-state index in [4.69, 9.17) is 18.5 Å². The van der Waals surface area contributed by atoms with Crippen LogP contribution < -0.4 is 0 Å². The molecule has 98 heavy (non-hydrogen) atoms. The summed E-state index contributed by atoms with van der Waals surface area (Å²) < 4.78 is 34.9. The summed E-state index contributed by atoms with van der Waals surface area (Å²) in [6.07, 6.45) is 102. The van der Waals surface area contributed by atoms with Crippen molar-refractivity contribution in [1.29, 1.82) is 0 Å². The summed E-state index contributed by atoms with van der Waals surface area (Å²) >= 11 is 0. The van der Waals surface area contributed by atoms with Gasteiger partial charge in [-0.05, 0) is 12.8 Å². The third kappa shape index (κ3) is 84.0. The first kappa shape index (κ1) is 97.0. The van der Waals surface area contributed by atoms with E-state index < -0.39 is 26.5 Å². The highest BCUT2D eigenvalue weighted by Crippen LogP contribution is 2.43. The summed E-state index contributed by atoms with van der Waals surface area (Å²) in [4.78, 5) is 36.0. The van der Waals surface area contributed by atoms with E-state index in [1.165, 1.54) is 437 Å². The second kappa shape index (κ2) is 80.1. The average Bonchev–Trinajstić information content (AvgIpc) is 1.08. The molecular formula is C88H177NO8P+. The van der Waals surface area contributed by atoms with E-state index in [2.05, 4.69) is 13.8 Å². The predicted molar refractivity (Wildman–Crippen MR) is 428 cm³/mol. The smallest absolute Gasteiger partial charge is 0.462 e. The number of hydrogen-bond donors (Lipinski definition) is 1. The molecule has 0 aliphatic rings. The summed E-state index contributed by atoms with van der Waals surface area (Å²) in [5, 5.41) is 0. The first-order valence-electron chi connectivity index (χ1n) is 44.8. The van der Waals surface area contributed by atoms with Crippen LogP contribution in [0.4, 0.5) is 0 Å². The lowest BCUT2D eigenvalue weighted by atomic mass is 10.0. The molecule has 0 spiro atoms. The minimum absolute atomic E-state index is 0.0380. The molecule has 0 aromatic heterocycles. The molecule has 0 radical (unpaired) electrons. The van der Waals surface area contributed by atoms with Gasteiger partial charge < -0.3 is 18.9 Å². The lowest BCUT2D eigenvalue weighted by molar-refractivity contribution is -0.870. The molecule has 0 fully saturated rings. The van der Waals surface area contributed by atoms with Crippen LogP contribution >= 0.6 is 7.82 Å². The maximum atomic E-state index is 12.9. The Morgan fingerprint density at radius 1 is 0.276 bits per heavy atom. The van der Waals surface area contributed by atoms with Crippen molar-refractivity contribution in [2.45, 2.75) is 508 Å². The summed E-state index contributed by atoms with van der Waals surface area (Å²) in [5.41, 5.74) is 0. The van der Waals surface area contributed by atoms with Gasteiger partial charge in [-0.15, -0.1) is 0 Å². The Hall–Kier alpha value is -0.990. The van der Waals surface area contributed by atoms with Crippen molar-refractivity contribution >= 4 is 19.8 Å². The van der Waals surface area contributed by atoms with E-state index in [1.807, 2.05) is 21.1 Å². The molecule has 0 aliphatic heterocycles. The quantitative estimate of drug-likeness (QED) is 0.0278. The maximum absolute atomic E-state index is 12.9. The van der Waals surface area contributed by atoms with Crippen LogP contribution in [0.5, 0.6) is 0 Å². The molecule has 10 heteroatoms. The Morgan fingerprint density at radius 2 is 0.459 bits per heavy atom. The molecule has 586 valence electrons. The number of phosphoric ester groups is 1. The monoisotopic (exact) mass is 1410 g/mol. The van der Waals surface area contributed by atoms with Crippen molar-refractivity contribution in [3.05, 3.63) is 0 Å². The standard InChI is InChI=1S/C88H176NO8P/c1-6-8-10-12-14-16-18-20-22-24-26-28-30-32-34-36-38-40-41-42-43-44-45-46-47-49-51-53-55-57-59-61-63-65-67-69-71-73-75-77-79-81-88(91)97-86(85-96-98(92,93)95-83-82-89(3,4)5)84-94-87(90)80-78-76-74-72-70-68-66-64-62-60-58-56-54-52-50-48-39-37-35-33-31-29-27-25-23-21-19-17-15-13-11-9-7-2/h86H,6-85H2,1-5H3/p+1. The van der Waals surface area contributed by atoms with Crippen LogP contribution in [0.2, 0.25) is 0 Å². The summed E-state index contributed by atoms with van der Waals surface area (Å²) in [7, 11) is 1.51. The summed E-state index contributed by atoms with van der Waals surface area (Å²) in [6, 6.07) is 0. The zero-order valence-electron chi connectivity index (χ0n) is 67.3. The largest absolute Gasteiger partial charge is 0.472 e. The van der Waals surface area contributed by atoms with Crippen molar-refractivity contribution in [1.82, 2.24) is 0 Å². The van der Waals surface area contributed by atoms with E-state index in [0.717, 1.165) is 38.5 Å². The number of hydrogen-bond acceptors (Lipinski definition) is 7. The van der Waals surface area contributed by atoms with Gasteiger partial charge in [0.15, 0.2) is 6.10 Å². The fraction of sp³-hybridized carbons (Fsp3) is 0.977. The van der Waals surface area contributed by atoms with Crippen LogP contribution in [0.15, 0.2) is 0 Å². The van der Waals surface area contributed by atoms with Crippen LogP contribution in [-0.2, 0) is 32.7 Å². The van der Waals surface area contributed by atoms with Gasteiger partial charge in [0.1, 0.15) is 19.8 Å². The first-order valence-corrected chi connectivity index (χ1v) is 46.3. The fourth-order valence-corrected chi connectivity index (χ4v) is 15.1. The van der Waals surface area contributed by atoms with E-state index >= 15 is 0 Å². The zero-order chi connectivity index (χ0) is 71.1. The predicted octanol–water partition coefficient (Wildman–Crippen LogP) is 30.0. The van der Waals surface area contributed by atoms with Crippen molar-refractivity contribution in [2.75, 3.05) is 47.5 Å². The van der Waals surface area contributed by atoms with Gasteiger partial charge in [0.2, 0.25) is 0 Å². The summed E-state index contributed by atoms with van der Waals surface area (Å²) in [6.45, 7) is 4.55. The Balaban J connectivity index is 3.81. The molecule has 0 heterocycles.